The number of esters is 1. The second-order valence-corrected chi connectivity index (χ2v) is 19.9. The molecule has 0 saturated carbocycles. The van der Waals surface area contributed by atoms with Gasteiger partial charge in [-0.05, 0) is 38.3 Å². The minimum Gasteiger partial charge on any atom is -0.420 e. The molecule has 1 fully saturated rings. The lowest BCUT2D eigenvalue weighted by Gasteiger charge is -2.32. The van der Waals surface area contributed by atoms with Gasteiger partial charge in [-0.25, -0.2) is 18.8 Å². The molecule has 1 aromatic carbocycles. The van der Waals surface area contributed by atoms with Gasteiger partial charge in [-0.3, -0.25) is 28.7 Å². The average molecular weight is 1170 g/mol. The largest absolute Gasteiger partial charge is 0.420 e. The summed E-state index contributed by atoms with van der Waals surface area (Å²) in [7, 11) is -5.65. The van der Waals surface area contributed by atoms with E-state index in [-0.39, 0.29) is 63.7 Å². The molecule has 1 saturated heterocycles. The minimum absolute atomic E-state index is 0.0193. The van der Waals surface area contributed by atoms with E-state index in [1.807, 2.05) is 26.0 Å². The van der Waals surface area contributed by atoms with Gasteiger partial charge in [0.1, 0.15) is 5.84 Å². The highest BCUT2D eigenvalue weighted by Crippen LogP contribution is 2.36. The van der Waals surface area contributed by atoms with Crippen molar-refractivity contribution in [3.63, 3.8) is 0 Å². The number of carbonyl (C=O) groups is 3. The fourth-order valence-corrected chi connectivity index (χ4v) is 9.17. The van der Waals surface area contributed by atoms with Crippen molar-refractivity contribution in [2.75, 3.05) is 158 Å². The third-order valence-corrected chi connectivity index (χ3v) is 13.1. The summed E-state index contributed by atoms with van der Waals surface area (Å²) in [5.41, 5.74) is 7.56. The van der Waals surface area contributed by atoms with E-state index in [2.05, 4.69) is 19.9 Å². The lowest BCUT2D eigenvalue weighted by molar-refractivity contribution is -0.180. The normalized spacial score (nSPS) is 14.2. The number of hydroxylamine groups is 2. The van der Waals surface area contributed by atoms with E-state index in [0.29, 0.717) is 124 Å². The number of rotatable bonds is 43. The fourth-order valence-electron chi connectivity index (χ4n) is 7.42. The van der Waals surface area contributed by atoms with Crippen LogP contribution in [-0.2, 0) is 83.3 Å². The lowest BCUT2D eigenvalue weighted by atomic mass is 10.0. The van der Waals surface area contributed by atoms with Gasteiger partial charge >= 0.3 is 16.1 Å². The topological polar surface area (TPSA) is 273 Å². The van der Waals surface area contributed by atoms with Crippen LogP contribution in [0.3, 0.4) is 0 Å². The molecule has 79 heavy (non-hydrogen) atoms. The van der Waals surface area contributed by atoms with Crippen LogP contribution in [0.15, 0.2) is 21.5 Å². The highest BCUT2D eigenvalue weighted by atomic mass is 32.2. The molecule has 0 unspecified atom stereocenters. The Morgan fingerprint density at radius 3 is 1.58 bits per heavy atom. The molecule has 2 aliphatic rings. The Kier molecular flexibility index (Phi) is 32.7. The van der Waals surface area contributed by atoms with Crippen LogP contribution in [0.1, 0.15) is 62.1 Å². The van der Waals surface area contributed by atoms with Crippen molar-refractivity contribution in [2.24, 2.45) is 10.7 Å². The number of ether oxygens (including phenoxy) is 11. The van der Waals surface area contributed by atoms with Crippen molar-refractivity contribution < 1.29 is 102 Å². The summed E-state index contributed by atoms with van der Waals surface area (Å²) < 4.78 is 145. The number of piperidine rings is 1. The predicted octanol–water partition coefficient (Wildman–Crippen LogP) is 4.15. The number of aliphatic imine (C=N–C) groups is 1. The number of amidine groups is 1. The molecular formula is C50H75F4N5O18S2. The second-order valence-electron chi connectivity index (χ2n) is 17.3. The zero-order chi connectivity index (χ0) is 57.3. The maximum atomic E-state index is 14.0. The van der Waals surface area contributed by atoms with Gasteiger partial charge in [-0.2, -0.15) is 17.2 Å². The summed E-state index contributed by atoms with van der Waals surface area (Å²) in [6, 6.07) is 2.16. The molecular weight excluding hydrogens is 1100 g/mol. The van der Waals surface area contributed by atoms with E-state index >= 15 is 0 Å². The Morgan fingerprint density at radius 1 is 0.709 bits per heavy atom. The van der Waals surface area contributed by atoms with Gasteiger partial charge in [-0.1, -0.05) is 6.92 Å². The molecule has 3 heterocycles. The van der Waals surface area contributed by atoms with Crippen molar-refractivity contribution >= 4 is 56.8 Å². The van der Waals surface area contributed by atoms with E-state index in [4.69, 9.17) is 62.5 Å². The number of nitrogens with zero attached hydrogens (tertiary/aromatic N) is 3. The van der Waals surface area contributed by atoms with Gasteiger partial charge < -0.3 is 63.2 Å². The second kappa shape index (κ2) is 38.4. The van der Waals surface area contributed by atoms with Gasteiger partial charge in [0.25, 0.3) is 5.91 Å². The van der Waals surface area contributed by atoms with Crippen molar-refractivity contribution in [1.29, 1.82) is 0 Å². The molecule has 23 nitrogen and oxygen atoms in total. The zero-order valence-electron chi connectivity index (χ0n) is 44.8. The van der Waals surface area contributed by atoms with Crippen LogP contribution < -0.4 is 15.8 Å². The van der Waals surface area contributed by atoms with Crippen LogP contribution in [0.2, 0.25) is 0 Å². The molecule has 0 radical (unpaired) electrons. The quantitative estimate of drug-likeness (QED) is 0.0160. The molecule has 448 valence electrons. The van der Waals surface area contributed by atoms with Crippen LogP contribution in [0, 0.1) is 23.3 Å². The highest BCUT2D eigenvalue weighted by Gasteiger charge is 2.34. The van der Waals surface area contributed by atoms with Crippen molar-refractivity contribution in [1.82, 2.24) is 15.3 Å². The Labute approximate surface area is 461 Å². The number of halogens is 4. The average Bonchev–Trinajstić information content (AvgIpc) is 3.80. The first kappa shape index (κ1) is 67.2. The van der Waals surface area contributed by atoms with Crippen LogP contribution in [-0.4, -0.2) is 211 Å². The monoisotopic (exact) mass is 1170 g/mol. The van der Waals surface area contributed by atoms with Crippen LogP contribution in [0.4, 0.5) is 23.2 Å². The molecule has 0 bridgehead atoms. The fraction of sp³-hybridized carbons (Fsp3) is 0.680. The summed E-state index contributed by atoms with van der Waals surface area (Å²) in [6.45, 7) is 13.2. The van der Waals surface area contributed by atoms with E-state index in [1.54, 1.807) is 11.3 Å². The van der Waals surface area contributed by atoms with Crippen LogP contribution in [0.5, 0.6) is 5.75 Å². The number of carbonyl (C=O) groups excluding carboxylic acids is 3. The summed E-state index contributed by atoms with van der Waals surface area (Å²) in [5, 5.41) is 4.55. The maximum absolute atomic E-state index is 14.0. The van der Waals surface area contributed by atoms with Crippen molar-refractivity contribution in [3.8, 4) is 5.75 Å². The van der Waals surface area contributed by atoms with E-state index in [9.17, 15) is 40.4 Å². The van der Waals surface area contributed by atoms with E-state index in [0.717, 1.165) is 54.3 Å². The molecule has 0 aliphatic carbocycles. The molecule has 2 amide bonds. The number of hydrogen-bond donors (Lipinski definition) is 3. The molecule has 29 heteroatoms. The Morgan fingerprint density at radius 2 is 1.15 bits per heavy atom. The summed E-state index contributed by atoms with van der Waals surface area (Å²) >= 11 is 1.62. The lowest BCUT2D eigenvalue weighted by Crippen LogP contribution is -2.44. The van der Waals surface area contributed by atoms with Crippen LogP contribution in [0.25, 0.3) is 6.08 Å². The molecule has 4 rings (SSSR count). The number of nitrogens with one attached hydrogen (secondary N) is 1. The number of hydrogen-bond acceptors (Lipinski definition) is 21. The number of likely N-dealkylation sites (tertiary alicyclic amines) is 1. The Hall–Kier alpha value is -4.31. The first-order chi connectivity index (χ1) is 38.1. The number of benzene rings is 1. The highest BCUT2D eigenvalue weighted by molar-refractivity contribution is 7.85. The van der Waals surface area contributed by atoms with E-state index in [1.165, 1.54) is 5.06 Å². The number of fused-ring (bicyclic) bond motifs is 1. The molecule has 0 spiro atoms. The molecule has 2 aliphatic heterocycles. The first-order valence-electron chi connectivity index (χ1n) is 26.1. The minimum atomic E-state index is -5.65. The number of amides is 2. The third-order valence-electron chi connectivity index (χ3n) is 11.2. The van der Waals surface area contributed by atoms with Gasteiger partial charge in [0, 0.05) is 55.5 Å². The maximum Gasteiger partial charge on any atom is 0.313 e. The number of thiophene rings is 1. The predicted molar refractivity (Wildman–Crippen MR) is 277 cm³/mol. The summed E-state index contributed by atoms with van der Waals surface area (Å²) in [6.07, 6.45) is 4.34. The Balaban J connectivity index is 0.837. The third kappa shape index (κ3) is 26.0. The summed E-state index contributed by atoms with van der Waals surface area (Å²) in [4.78, 5) is 50.0. The molecule has 0 atom stereocenters. The van der Waals surface area contributed by atoms with Gasteiger partial charge in [0.2, 0.25) is 23.3 Å². The van der Waals surface area contributed by atoms with Gasteiger partial charge in [0.05, 0.1) is 156 Å². The van der Waals surface area contributed by atoms with E-state index < -0.39 is 56.4 Å². The Bertz CT molecular complexity index is 2290. The SMILES string of the molecule is CCCN(OCC)C(=O)C1=Cc2sc(CN3CCC(NC(=O)CCOCCOCCOCCOCCOCCOCCOCCOCCOCCOCCC(=O)Oc4c(F)c(F)c(S(=O)(=O)O)c(F)c4F)CC3)cc2N=C(N)C1. The first-order valence-corrected chi connectivity index (χ1v) is 28.3. The molecule has 1 aromatic heterocycles. The van der Waals surface area contributed by atoms with Gasteiger partial charge in [-0.15, -0.1) is 11.3 Å². The standard InChI is InChI=1S/C50H75F4N5O18S2/c1-3-9-59(76-4-2)50(62)36-32-40-39(57-41(55)33-36)34-38(78-40)35-58-10-5-37(6-11-58)56-42(60)7-12-66-14-16-68-18-20-70-22-24-72-26-28-74-30-31-75-29-27-73-25-23-71-21-19-69-17-15-67-13-8-43(61)77-48-44(51)46(53)49(79(63,64)65)47(54)45(48)52/h32,34,37H,3-31,33,35H2,1-2H3,(H2,55,57)(H,56,60)(H,63,64,65). The summed E-state index contributed by atoms with van der Waals surface area (Å²) in [5.74, 6) is -12.5. The van der Waals surface area contributed by atoms with Crippen molar-refractivity contribution in [3.05, 3.63) is 44.7 Å². The van der Waals surface area contributed by atoms with Crippen molar-refractivity contribution in [2.45, 2.75) is 69.9 Å². The number of nitrogens with two attached hydrogens (primary N) is 1. The zero-order valence-corrected chi connectivity index (χ0v) is 46.4. The molecule has 2 aromatic rings. The molecule has 4 N–H and O–H groups in total. The van der Waals surface area contributed by atoms with Gasteiger partial charge in [0.15, 0.2) is 16.5 Å². The smallest absolute Gasteiger partial charge is 0.313 e. The van der Waals surface area contributed by atoms with Crippen LogP contribution >= 0.6 is 11.3 Å².